The summed E-state index contributed by atoms with van der Waals surface area (Å²) in [6, 6.07) is 6.84. The first-order valence-corrected chi connectivity index (χ1v) is 7.11. The van der Waals surface area contributed by atoms with Crippen LogP contribution in [0.25, 0.3) is 0 Å². The quantitative estimate of drug-likeness (QED) is 0.867. The molecule has 1 aromatic carbocycles. The Hall–Kier alpha value is -1.51. The van der Waals surface area contributed by atoms with Crippen molar-refractivity contribution in [1.82, 2.24) is 0 Å². The number of carboxylic acid groups (broad SMARTS) is 1. The molecule has 0 aromatic heterocycles. The van der Waals surface area contributed by atoms with E-state index in [1.807, 2.05) is 0 Å². The highest BCUT2D eigenvalue weighted by atomic mass is 16.4. The summed E-state index contributed by atoms with van der Waals surface area (Å²) >= 11 is 0. The monoisotopic (exact) mass is 261 g/mol. The van der Waals surface area contributed by atoms with Crippen LogP contribution < -0.4 is 5.32 Å². The molecule has 0 aliphatic heterocycles. The van der Waals surface area contributed by atoms with Gasteiger partial charge in [0.2, 0.25) is 0 Å². The zero-order valence-corrected chi connectivity index (χ0v) is 11.8. The van der Waals surface area contributed by atoms with E-state index in [-0.39, 0.29) is 0 Å². The van der Waals surface area contributed by atoms with Crippen molar-refractivity contribution in [3.8, 4) is 0 Å². The van der Waals surface area contributed by atoms with E-state index in [2.05, 4.69) is 37.4 Å². The molecular formula is C16H23NO2. The van der Waals surface area contributed by atoms with Gasteiger partial charge in [0, 0.05) is 18.2 Å². The van der Waals surface area contributed by atoms with E-state index in [0.717, 1.165) is 25.7 Å². The second-order valence-corrected chi connectivity index (χ2v) is 5.71. The summed E-state index contributed by atoms with van der Waals surface area (Å²) in [7, 11) is 0. The Labute approximate surface area is 115 Å². The van der Waals surface area contributed by atoms with Crippen LogP contribution in [-0.4, -0.2) is 17.1 Å². The van der Waals surface area contributed by atoms with Crippen LogP contribution in [0.4, 0.5) is 5.69 Å². The summed E-state index contributed by atoms with van der Waals surface area (Å²) in [5.74, 6) is -0.292. The van der Waals surface area contributed by atoms with E-state index < -0.39 is 5.97 Å². The van der Waals surface area contributed by atoms with Gasteiger partial charge in [-0.2, -0.15) is 0 Å². The third kappa shape index (κ3) is 3.72. The minimum atomic E-state index is -0.661. The van der Waals surface area contributed by atoms with Crippen LogP contribution in [0.5, 0.6) is 0 Å². The van der Waals surface area contributed by atoms with Gasteiger partial charge in [0.05, 0.1) is 0 Å². The fourth-order valence-electron chi connectivity index (χ4n) is 2.89. The standard InChI is InChI=1S/C16H23NO2/c1-11-4-3-5-15(12(11)2)17-14-8-6-13(7-9-14)10-16(18)19/h3-5,13-14,17H,6-10H2,1-2H3,(H,18,19). The maximum atomic E-state index is 10.7. The van der Waals surface area contributed by atoms with Crippen molar-refractivity contribution >= 4 is 11.7 Å². The largest absolute Gasteiger partial charge is 0.481 e. The molecule has 1 fully saturated rings. The van der Waals surface area contributed by atoms with Crippen molar-refractivity contribution in [2.45, 2.75) is 52.0 Å². The number of nitrogens with one attached hydrogen (secondary N) is 1. The second-order valence-electron chi connectivity index (χ2n) is 5.71. The fraction of sp³-hybridized carbons (Fsp3) is 0.562. The molecule has 3 nitrogen and oxygen atoms in total. The first-order chi connectivity index (χ1) is 9.06. The zero-order chi connectivity index (χ0) is 13.8. The maximum absolute atomic E-state index is 10.7. The lowest BCUT2D eigenvalue weighted by molar-refractivity contribution is -0.138. The van der Waals surface area contributed by atoms with Crippen LogP contribution in [0.2, 0.25) is 0 Å². The van der Waals surface area contributed by atoms with E-state index in [0.29, 0.717) is 18.4 Å². The third-order valence-corrected chi connectivity index (χ3v) is 4.27. The summed E-state index contributed by atoms with van der Waals surface area (Å²) in [5.41, 5.74) is 3.85. The zero-order valence-electron chi connectivity index (χ0n) is 11.8. The van der Waals surface area contributed by atoms with Gasteiger partial charge in [0.15, 0.2) is 0 Å². The van der Waals surface area contributed by atoms with Gasteiger partial charge >= 0.3 is 5.97 Å². The molecule has 0 radical (unpaired) electrons. The Kier molecular flexibility index (Phi) is 4.46. The summed E-state index contributed by atoms with van der Waals surface area (Å²) in [6.07, 6.45) is 4.52. The molecule has 2 rings (SSSR count). The lowest BCUT2D eigenvalue weighted by Crippen LogP contribution is -2.27. The van der Waals surface area contributed by atoms with Crippen molar-refractivity contribution in [2.24, 2.45) is 5.92 Å². The van der Waals surface area contributed by atoms with Crippen LogP contribution in [0.1, 0.15) is 43.2 Å². The number of aliphatic carboxylic acids is 1. The number of carbonyl (C=O) groups is 1. The maximum Gasteiger partial charge on any atom is 0.303 e. The Morgan fingerprint density at radius 3 is 2.58 bits per heavy atom. The molecule has 1 aliphatic carbocycles. The summed E-state index contributed by atoms with van der Waals surface area (Å²) in [5, 5.41) is 12.4. The van der Waals surface area contributed by atoms with Crippen molar-refractivity contribution in [1.29, 1.82) is 0 Å². The van der Waals surface area contributed by atoms with Crippen LogP contribution >= 0.6 is 0 Å². The molecule has 0 spiro atoms. The Morgan fingerprint density at radius 2 is 1.95 bits per heavy atom. The SMILES string of the molecule is Cc1cccc(NC2CCC(CC(=O)O)CC2)c1C. The molecule has 0 atom stereocenters. The van der Waals surface area contributed by atoms with Crippen molar-refractivity contribution < 1.29 is 9.90 Å². The van der Waals surface area contributed by atoms with E-state index >= 15 is 0 Å². The molecule has 1 saturated carbocycles. The van der Waals surface area contributed by atoms with E-state index in [1.54, 1.807) is 0 Å². The number of carboxylic acids is 1. The van der Waals surface area contributed by atoms with Crippen LogP contribution in [0.15, 0.2) is 18.2 Å². The summed E-state index contributed by atoms with van der Waals surface area (Å²) in [4.78, 5) is 10.7. The van der Waals surface area contributed by atoms with E-state index in [4.69, 9.17) is 5.11 Å². The number of anilines is 1. The first kappa shape index (κ1) is 13.9. The van der Waals surface area contributed by atoms with Crippen LogP contribution in [0.3, 0.4) is 0 Å². The van der Waals surface area contributed by atoms with Gasteiger partial charge in [-0.3, -0.25) is 4.79 Å². The highest BCUT2D eigenvalue weighted by molar-refractivity contribution is 5.67. The normalized spacial score (nSPS) is 23.1. The van der Waals surface area contributed by atoms with E-state index in [9.17, 15) is 4.79 Å². The molecule has 19 heavy (non-hydrogen) atoms. The molecule has 0 heterocycles. The number of hydrogen-bond acceptors (Lipinski definition) is 2. The van der Waals surface area contributed by atoms with Gasteiger partial charge in [0.1, 0.15) is 0 Å². The Bertz CT molecular complexity index is 448. The number of benzene rings is 1. The lowest BCUT2D eigenvalue weighted by Gasteiger charge is -2.29. The average molecular weight is 261 g/mol. The highest BCUT2D eigenvalue weighted by Crippen LogP contribution is 2.29. The van der Waals surface area contributed by atoms with Crippen LogP contribution in [0, 0.1) is 19.8 Å². The smallest absolute Gasteiger partial charge is 0.303 e. The minimum absolute atomic E-state index is 0.330. The molecule has 1 aromatic rings. The average Bonchev–Trinajstić information content (AvgIpc) is 2.37. The second kappa shape index (κ2) is 6.09. The number of hydrogen-bond donors (Lipinski definition) is 2. The van der Waals surface area contributed by atoms with E-state index in [1.165, 1.54) is 16.8 Å². The predicted molar refractivity (Wildman–Crippen MR) is 77.5 cm³/mol. The van der Waals surface area contributed by atoms with Crippen molar-refractivity contribution in [2.75, 3.05) is 5.32 Å². The third-order valence-electron chi connectivity index (χ3n) is 4.27. The molecule has 0 amide bonds. The van der Waals surface area contributed by atoms with Gasteiger partial charge in [-0.1, -0.05) is 12.1 Å². The van der Waals surface area contributed by atoms with Gasteiger partial charge in [0.25, 0.3) is 0 Å². The minimum Gasteiger partial charge on any atom is -0.481 e. The molecule has 2 N–H and O–H groups in total. The van der Waals surface area contributed by atoms with Gasteiger partial charge in [-0.05, 0) is 62.6 Å². The first-order valence-electron chi connectivity index (χ1n) is 7.11. The predicted octanol–water partition coefficient (Wildman–Crippen LogP) is 3.75. The molecule has 1 aliphatic rings. The lowest BCUT2D eigenvalue weighted by atomic mass is 9.84. The molecule has 0 bridgehead atoms. The molecule has 104 valence electrons. The Morgan fingerprint density at radius 1 is 1.26 bits per heavy atom. The molecular weight excluding hydrogens is 238 g/mol. The van der Waals surface area contributed by atoms with Gasteiger partial charge in [-0.15, -0.1) is 0 Å². The molecule has 3 heteroatoms. The number of aryl methyl sites for hydroxylation is 1. The van der Waals surface area contributed by atoms with Crippen molar-refractivity contribution in [3.05, 3.63) is 29.3 Å². The number of rotatable bonds is 4. The summed E-state index contributed by atoms with van der Waals surface area (Å²) in [6.45, 7) is 4.28. The molecule has 0 saturated heterocycles. The highest BCUT2D eigenvalue weighted by Gasteiger charge is 2.23. The van der Waals surface area contributed by atoms with Gasteiger partial charge in [-0.25, -0.2) is 0 Å². The molecule has 0 unspecified atom stereocenters. The topological polar surface area (TPSA) is 49.3 Å². The van der Waals surface area contributed by atoms with Gasteiger partial charge < -0.3 is 10.4 Å². The van der Waals surface area contributed by atoms with Crippen molar-refractivity contribution in [3.63, 3.8) is 0 Å². The summed E-state index contributed by atoms with van der Waals surface area (Å²) < 4.78 is 0. The fourth-order valence-corrected chi connectivity index (χ4v) is 2.89. The van der Waals surface area contributed by atoms with Crippen LogP contribution in [-0.2, 0) is 4.79 Å². The Balaban J connectivity index is 1.89.